The molecule has 0 spiro atoms. The molecule has 0 aliphatic carbocycles. The molecule has 0 fully saturated rings. The molecule has 0 amide bonds. The zero-order valence-corrected chi connectivity index (χ0v) is 24.8. The number of aromatic nitrogens is 4. The van der Waals surface area contributed by atoms with Gasteiger partial charge in [-0.25, -0.2) is 0 Å². The van der Waals surface area contributed by atoms with Crippen LogP contribution in [0.4, 0.5) is 0 Å². The van der Waals surface area contributed by atoms with Gasteiger partial charge in [-0.1, -0.05) is 0 Å². The molecule has 0 radical (unpaired) electrons. The second-order valence-electron chi connectivity index (χ2n) is 7.68. The molecule has 0 atom stereocenters. The van der Waals surface area contributed by atoms with Crippen LogP contribution in [0.25, 0.3) is 21.8 Å². The fourth-order valence-electron chi connectivity index (χ4n) is 3.72. The van der Waals surface area contributed by atoms with Crippen molar-refractivity contribution in [3.05, 3.63) is 35.9 Å². The molecule has 2 aromatic heterocycles. The average molecular weight is 620 g/mol. The van der Waals surface area contributed by atoms with Crippen LogP contribution in [0.2, 0.25) is 0 Å². The van der Waals surface area contributed by atoms with Crippen molar-refractivity contribution in [3.8, 4) is 23.0 Å². The van der Waals surface area contributed by atoms with E-state index in [-0.39, 0.29) is 26.3 Å². The van der Waals surface area contributed by atoms with Gasteiger partial charge in [-0.15, -0.1) is 0 Å². The minimum absolute atomic E-state index is 0.0493. The van der Waals surface area contributed by atoms with Gasteiger partial charge in [0.25, 0.3) is 0 Å². The summed E-state index contributed by atoms with van der Waals surface area (Å²) in [5.74, 6) is 4.34. The van der Waals surface area contributed by atoms with Gasteiger partial charge in [0.05, 0.1) is 0 Å². The van der Waals surface area contributed by atoms with Gasteiger partial charge < -0.3 is 0 Å². The maximum absolute atomic E-state index is 5.87. The predicted octanol–water partition coefficient (Wildman–Crippen LogP) is 3.06. The van der Waals surface area contributed by atoms with Crippen LogP contribution >= 0.6 is 0 Å². The molecule has 0 unspecified atom stereocenters. The van der Waals surface area contributed by atoms with Crippen LogP contribution in [0.15, 0.2) is 24.3 Å². The standard InChI is InChI=1S/C26H30N4O4Se2/c1-7-31-21-11-17-19(13-23(21)33-9-3)27-15(5)29-25(17)35-36-26-18-12-22(32-8-2)24(34-10-4)14-20(18)28-16(6)30-26/h11-14H,7-10H2,1-6H3. The third-order valence-corrected chi connectivity index (χ3v) is 11.6. The molecule has 0 aliphatic rings. The van der Waals surface area contributed by atoms with Gasteiger partial charge in [0.15, 0.2) is 0 Å². The van der Waals surface area contributed by atoms with Crippen molar-refractivity contribution < 1.29 is 18.9 Å². The van der Waals surface area contributed by atoms with Gasteiger partial charge in [0, 0.05) is 0 Å². The van der Waals surface area contributed by atoms with E-state index in [1.165, 1.54) is 0 Å². The molecule has 0 N–H and O–H groups in total. The number of nitrogens with zero attached hydrogens (tertiary/aromatic N) is 4. The molecule has 10 heteroatoms. The Labute approximate surface area is 222 Å². The molecule has 0 aliphatic heterocycles. The van der Waals surface area contributed by atoms with Gasteiger partial charge in [-0.3, -0.25) is 0 Å². The molecule has 0 bridgehead atoms. The number of benzene rings is 2. The monoisotopic (exact) mass is 622 g/mol. The van der Waals surface area contributed by atoms with Gasteiger partial charge in [0.2, 0.25) is 0 Å². The summed E-state index contributed by atoms with van der Waals surface area (Å²) in [5.41, 5.74) is 1.73. The molecule has 0 saturated carbocycles. The van der Waals surface area contributed by atoms with E-state index in [1.54, 1.807) is 0 Å². The van der Waals surface area contributed by atoms with E-state index >= 15 is 0 Å². The first-order chi connectivity index (χ1) is 17.5. The van der Waals surface area contributed by atoms with Crippen LogP contribution in [0.1, 0.15) is 39.3 Å². The van der Waals surface area contributed by atoms with Crippen molar-refractivity contribution >= 4 is 57.3 Å². The molecule has 2 heterocycles. The van der Waals surface area contributed by atoms with Gasteiger partial charge in [-0.05, 0) is 0 Å². The van der Waals surface area contributed by atoms with Crippen molar-refractivity contribution in [1.29, 1.82) is 0 Å². The van der Waals surface area contributed by atoms with Crippen LogP contribution in [0.5, 0.6) is 23.0 Å². The molecule has 2 aromatic carbocycles. The minimum atomic E-state index is 0.0493. The number of fused-ring (bicyclic) bond motifs is 2. The number of hydrogen-bond donors (Lipinski definition) is 0. The molecule has 4 rings (SSSR count). The Morgan fingerprint density at radius 2 is 0.861 bits per heavy atom. The van der Waals surface area contributed by atoms with E-state index in [1.807, 2.05) is 65.8 Å². The second kappa shape index (κ2) is 12.1. The summed E-state index contributed by atoms with van der Waals surface area (Å²) in [6, 6.07) is 7.94. The molecular weight excluding hydrogens is 590 g/mol. The number of hydrogen-bond acceptors (Lipinski definition) is 8. The normalized spacial score (nSPS) is 11.2. The first kappa shape index (κ1) is 26.4. The van der Waals surface area contributed by atoms with Crippen LogP contribution < -0.4 is 28.1 Å². The van der Waals surface area contributed by atoms with Gasteiger partial charge >= 0.3 is 223 Å². The van der Waals surface area contributed by atoms with Gasteiger partial charge in [-0.2, -0.15) is 0 Å². The molecule has 36 heavy (non-hydrogen) atoms. The molecular formula is C26H30N4O4Se2. The Balaban J connectivity index is 1.75. The Kier molecular flexibility index (Phi) is 8.85. The summed E-state index contributed by atoms with van der Waals surface area (Å²) in [6.45, 7) is 13.9. The third kappa shape index (κ3) is 5.84. The van der Waals surface area contributed by atoms with Crippen LogP contribution in [-0.4, -0.2) is 72.6 Å². The summed E-state index contributed by atoms with van der Waals surface area (Å²) in [6.07, 6.45) is 0. The van der Waals surface area contributed by atoms with Crippen molar-refractivity contribution in [2.45, 2.75) is 41.5 Å². The number of aryl methyl sites for hydroxylation is 2. The van der Waals surface area contributed by atoms with Gasteiger partial charge in [0.1, 0.15) is 0 Å². The summed E-state index contributed by atoms with van der Waals surface area (Å²) in [4.78, 5) is 19.0. The quantitative estimate of drug-likeness (QED) is 0.237. The van der Waals surface area contributed by atoms with E-state index in [9.17, 15) is 0 Å². The molecule has 4 aromatic rings. The zero-order chi connectivity index (χ0) is 25.7. The number of rotatable bonds is 11. The Hall–Kier alpha value is -2.64. The van der Waals surface area contributed by atoms with Crippen molar-refractivity contribution in [1.82, 2.24) is 19.9 Å². The molecule has 0 saturated heterocycles. The number of ether oxygens (including phenoxy) is 4. The fourth-order valence-corrected chi connectivity index (χ4v) is 10.3. The van der Waals surface area contributed by atoms with Crippen LogP contribution in [0, 0.1) is 13.8 Å². The van der Waals surface area contributed by atoms with Crippen LogP contribution in [-0.2, 0) is 0 Å². The van der Waals surface area contributed by atoms with Crippen LogP contribution in [0.3, 0.4) is 0 Å². The van der Waals surface area contributed by atoms with Crippen molar-refractivity contribution in [2.75, 3.05) is 26.4 Å². The second-order valence-corrected chi connectivity index (χ2v) is 13.6. The Morgan fingerprint density at radius 1 is 0.528 bits per heavy atom. The molecule has 8 nitrogen and oxygen atoms in total. The average Bonchev–Trinajstić information content (AvgIpc) is 2.84. The molecule has 190 valence electrons. The first-order valence-electron chi connectivity index (χ1n) is 12.0. The predicted molar refractivity (Wildman–Crippen MR) is 144 cm³/mol. The Morgan fingerprint density at radius 3 is 1.19 bits per heavy atom. The summed E-state index contributed by atoms with van der Waals surface area (Å²) in [7, 11) is 0. The van der Waals surface area contributed by atoms with E-state index in [4.69, 9.17) is 28.9 Å². The van der Waals surface area contributed by atoms with E-state index in [0.29, 0.717) is 37.9 Å². The first-order valence-corrected chi connectivity index (χ1v) is 18.0. The summed E-state index contributed by atoms with van der Waals surface area (Å²) < 4.78 is 25.4. The van der Waals surface area contributed by atoms with Crippen molar-refractivity contribution in [2.24, 2.45) is 0 Å². The SMILES string of the molecule is CCOc1cc2nc(C)nc([Se][Se]c3nc(C)nc4cc(OCC)c(OCC)cc34)c2cc1OCC. The van der Waals surface area contributed by atoms with Crippen molar-refractivity contribution in [3.63, 3.8) is 0 Å². The summed E-state index contributed by atoms with van der Waals surface area (Å²) >= 11 is 0.0985. The van der Waals surface area contributed by atoms with E-state index < -0.39 is 0 Å². The Bertz CT molecular complexity index is 1280. The zero-order valence-electron chi connectivity index (χ0n) is 21.4. The fraction of sp³-hybridized carbons (Fsp3) is 0.385. The van der Waals surface area contributed by atoms with E-state index in [0.717, 1.165) is 54.1 Å². The maximum atomic E-state index is 5.87. The van der Waals surface area contributed by atoms with E-state index in [2.05, 4.69) is 9.97 Å². The summed E-state index contributed by atoms with van der Waals surface area (Å²) in [5, 5.41) is 2.00. The third-order valence-electron chi connectivity index (χ3n) is 5.08. The topological polar surface area (TPSA) is 88.5 Å².